The number of para-hydroxylation sites is 1. The van der Waals surface area contributed by atoms with Crippen molar-refractivity contribution in [3.05, 3.63) is 47.7 Å². The van der Waals surface area contributed by atoms with Crippen molar-refractivity contribution in [2.45, 2.75) is 38.1 Å². The van der Waals surface area contributed by atoms with Crippen LogP contribution in [-0.2, 0) is 0 Å². The molecule has 0 radical (unpaired) electrons. The smallest absolute Gasteiger partial charge is 0.123 e. The number of hydrogen-bond donors (Lipinski definition) is 2. The Kier molecular flexibility index (Phi) is 4.37. The molecule has 1 unspecified atom stereocenters. The first-order valence-electron chi connectivity index (χ1n) is 7.75. The molecule has 108 valence electrons. The lowest BCUT2D eigenvalue weighted by molar-refractivity contribution is 0.604. The van der Waals surface area contributed by atoms with Gasteiger partial charge in [-0.3, -0.25) is 5.32 Å². The van der Waals surface area contributed by atoms with E-state index in [0.717, 1.165) is 29.4 Å². The van der Waals surface area contributed by atoms with Crippen LogP contribution in [-0.4, -0.2) is 11.5 Å². The molecule has 0 saturated carbocycles. The second-order valence-corrected chi connectivity index (χ2v) is 5.66. The van der Waals surface area contributed by atoms with Crippen LogP contribution in [0.15, 0.2) is 42.1 Å². The second kappa shape index (κ2) is 6.60. The van der Waals surface area contributed by atoms with Gasteiger partial charge in [-0.1, -0.05) is 29.8 Å². The molecule has 0 saturated heterocycles. The number of aromatic amines is 1. The Labute approximate surface area is 125 Å². The van der Waals surface area contributed by atoms with Crippen molar-refractivity contribution in [1.82, 2.24) is 10.3 Å². The molecule has 1 atom stereocenters. The van der Waals surface area contributed by atoms with Crippen LogP contribution >= 0.6 is 0 Å². The molecule has 21 heavy (non-hydrogen) atoms. The average molecular weight is 279 g/mol. The highest BCUT2D eigenvalue weighted by Crippen LogP contribution is 2.24. The molecule has 3 nitrogen and oxygen atoms in total. The standard InChI is InChI=1S/C18H21N3/c19-12-18(20-11-10-14-6-2-1-3-7-14)16-13-21-17-9-5-4-8-15(16)17/h4-6,8-9,13,18,20-21H,1-3,7,10-11H2. The molecular formula is C18H21N3. The fourth-order valence-corrected chi connectivity index (χ4v) is 3.07. The number of nitriles is 1. The first-order valence-corrected chi connectivity index (χ1v) is 7.75. The number of fused-ring (bicyclic) bond motifs is 1. The van der Waals surface area contributed by atoms with Gasteiger partial charge in [0.1, 0.15) is 6.04 Å². The molecule has 1 aromatic heterocycles. The first-order chi connectivity index (χ1) is 10.4. The lowest BCUT2D eigenvalue weighted by atomic mass is 9.97. The molecule has 0 spiro atoms. The van der Waals surface area contributed by atoms with Crippen molar-refractivity contribution in [3.8, 4) is 6.07 Å². The molecule has 1 aliphatic rings. The largest absolute Gasteiger partial charge is 0.361 e. The van der Waals surface area contributed by atoms with Gasteiger partial charge in [0.05, 0.1) is 6.07 Å². The number of H-pyrrole nitrogens is 1. The lowest BCUT2D eigenvalue weighted by Crippen LogP contribution is -2.21. The zero-order chi connectivity index (χ0) is 14.5. The van der Waals surface area contributed by atoms with Gasteiger partial charge in [0, 0.05) is 29.2 Å². The predicted molar refractivity (Wildman–Crippen MR) is 85.8 cm³/mol. The molecule has 3 heteroatoms. The molecule has 0 bridgehead atoms. The summed E-state index contributed by atoms with van der Waals surface area (Å²) < 4.78 is 0. The third-order valence-corrected chi connectivity index (χ3v) is 4.24. The maximum atomic E-state index is 9.45. The summed E-state index contributed by atoms with van der Waals surface area (Å²) in [4.78, 5) is 3.24. The molecular weight excluding hydrogens is 258 g/mol. The molecule has 0 amide bonds. The van der Waals surface area contributed by atoms with E-state index in [-0.39, 0.29) is 6.04 Å². The van der Waals surface area contributed by atoms with Crippen molar-refractivity contribution < 1.29 is 0 Å². The summed E-state index contributed by atoms with van der Waals surface area (Å²) in [6.45, 7) is 0.865. The number of benzene rings is 1. The molecule has 0 fully saturated rings. The topological polar surface area (TPSA) is 51.6 Å². The Morgan fingerprint density at radius 2 is 2.19 bits per heavy atom. The third kappa shape index (κ3) is 3.17. The number of rotatable bonds is 5. The van der Waals surface area contributed by atoms with Crippen molar-refractivity contribution in [3.63, 3.8) is 0 Å². The molecule has 0 aliphatic heterocycles. The molecule has 1 aromatic carbocycles. The predicted octanol–water partition coefficient (Wildman–Crippen LogP) is 4.21. The van der Waals surface area contributed by atoms with E-state index in [1.807, 2.05) is 24.4 Å². The Morgan fingerprint density at radius 1 is 1.29 bits per heavy atom. The monoisotopic (exact) mass is 279 g/mol. The summed E-state index contributed by atoms with van der Waals surface area (Å²) >= 11 is 0. The minimum atomic E-state index is -0.245. The van der Waals surface area contributed by atoms with Gasteiger partial charge in [-0.25, -0.2) is 0 Å². The van der Waals surface area contributed by atoms with E-state index in [1.165, 1.54) is 25.7 Å². The molecule has 1 aliphatic carbocycles. The minimum absolute atomic E-state index is 0.245. The normalized spacial score (nSPS) is 16.4. The number of allylic oxidation sites excluding steroid dienone is 1. The van der Waals surface area contributed by atoms with Crippen LogP contribution in [0.4, 0.5) is 0 Å². The Hall–Kier alpha value is -2.05. The van der Waals surface area contributed by atoms with Crippen LogP contribution in [0, 0.1) is 11.3 Å². The molecule has 1 heterocycles. The summed E-state index contributed by atoms with van der Waals surface area (Å²) in [6, 6.07) is 10.3. The SMILES string of the molecule is N#CC(NCCC1=CCCCC1)c1c[nH]c2ccccc12. The van der Waals surface area contributed by atoms with E-state index in [2.05, 4.69) is 28.5 Å². The van der Waals surface area contributed by atoms with E-state index in [9.17, 15) is 5.26 Å². The van der Waals surface area contributed by atoms with Crippen LogP contribution in [0.1, 0.15) is 43.7 Å². The van der Waals surface area contributed by atoms with Crippen LogP contribution in [0.3, 0.4) is 0 Å². The number of aromatic nitrogens is 1. The second-order valence-electron chi connectivity index (χ2n) is 5.66. The Morgan fingerprint density at radius 3 is 3.00 bits per heavy atom. The fourth-order valence-electron chi connectivity index (χ4n) is 3.07. The van der Waals surface area contributed by atoms with Gasteiger partial charge in [-0.05, 0) is 38.2 Å². The van der Waals surface area contributed by atoms with E-state index in [1.54, 1.807) is 5.57 Å². The van der Waals surface area contributed by atoms with Crippen molar-refractivity contribution in [1.29, 1.82) is 5.26 Å². The Bertz CT molecular complexity index is 675. The Balaban J connectivity index is 1.65. The van der Waals surface area contributed by atoms with Crippen LogP contribution in [0.2, 0.25) is 0 Å². The van der Waals surface area contributed by atoms with Crippen LogP contribution in [0.25, 0.3) is 10.9 Å². The number of nitrogens with one attached hydrogen (secondary N) is 2. The van der Waals surface area contributed by atoms with Gasteiger partial charge in [0.25, 0.3) is 0 Å². The summed E-state index contributed by atoms with van der Waals surface area (Å²) in [5.74, 6) is 0. The molecule has 2 N–H and O–H groups in total. The highest BCUT2D eigenvalue weighted by molar-refractivity contribution is 5.83. The zero-order valence-corrected chi connectivity index (χ0v) is 12.2. The summed E-state index contributed by atoms with van der Waals surface area (Å²) in [5.41, 5.74) is 3.68. The van der Waals surface area contributed by atoms with Crippen LogP contribution < -0.4 is 5.32 Å². The van der Waals surface area contributed by atoms with E-state index >= 15 is 0 Å². The first kappa shape index (κ1) is 13.9. The van der Waals surface area contributed by atoms with Gasteiger partial charge < -0.3 is 4.98 Å². The van der Waals surface area contributed by atoms with Gasteiger partial charge >= 0.3 is 0 Å². The van der Waals surface area contributed by atoms with Crippen molar-refractivity contribution in [2.75, 3.05) is 6.54 Å². The van der Waals surface area contributed by atoms with Crippen molar-refractivity contribution >= 4 is 10.9 Å². The average Bonchev–Trinajstić information content (AvgIpc) is 2.97. The summed E-state index contributed by atoms with van der Waals surface area (Å²) in [7, 11) is 0. The van der Waals surface area contributed by atoms with E-state index < -0.39 is 0 Å². The maximum Gasteiger partial charge on any atom is 0.123 e. The summed E-state index contributed by atoms with van der Waals surface area (Å²) in [6.07, 6.45) is 10.5. The van der Waals surface area contributed by atoms with E-state index in [4.69, 9.17) is 0 Å². The maximum absolute atomic E-state index is 9.45. The van der Waals surface area contributed by atoms with Gasteiger partial charge in [0.15, 0.2) is 0 Å². The quantitative estimate of drug-likeness (QED) is 0.805. The van der Waals surface area contributed by atoms with Crippen molar-refractivity contribution in [2.24, 2.45) is 0 Å². The minimum Gasteiger partial charge on any atom is -0.361 e. The highest BCUT2D eigenvalue weighted by Gasteiger charge is 2.14. The fraction of sp³-hybridized carbons (Fsp3) is 0.389. The van der Waals surface area contributed by atoms with Gasteiger partial charge in [0.2, 0.25) is 0 Å². The van der Waals surface area contributed by atoms with Crippen LogP contribution in [0.5, 0.6) is 0 Å². The van der Waals surface area contributed by atoms with E-state index in [0.29, 0.717) is 0 Å². The highest BCUT2D eigenvalue weighted by atomic mass is 14.9. The van der Waals surface area contributed by atoms with Gasteiger partial charge in [-0.2, -0.15) is 5.26 Å². The molecule has 3 rings (SSSR count). The number of nitrogens with zero attached hydrogens (tertiary/aromatic N) is 1. The summed E-state index contributed by atoms with van der Waals surface area (Å²) in [5, 5.41) is 14.0. The molecule has 2 aromatic rings. The lowest BCUT2D eigenvalue weighted by Gasteiger charge is -2.15. The third-order valence-electron chi connectivity index (χ3n) is 4.24. The number of hydrogen-bond acceptors (Lipinski definition) is 2. The van der Waals surface area contributed by atoms with Gasteiger partial charge in [-0.15, -0.1) is 0 Å². The zero-order valence-electron chi connectivity index (χ0n) is 12.2.